The van der Waals surface area contributed by atoms with Crippen molar-refractivity contribution in [2.24, 2.45) is 0 Å². The van der Waals surface area contributed by atoms with Crippen molar-refractivity contribution >= 4 is 45.3 Å². The summed E-state index contributed by atoms with van der Waals surface area (Å²) in [6.07, 6.45) is 0. The van der Waals surface area contributed by atoms with E-state index >= 15 is 0 Å². The number of carbonyl (C=O) groups excluding carboxylic acids is 2. The van der Waals surface area contributed by atoms with Crippen LogP contribution in [-0.2, 0) is 15.3 Å². The Morgan fingerprint density at radius 1 is 1.13 bits per heavy atom. The number of thioether (sulfide) groups is 1. The molecule has 0 unspecified atom stereocenters. The summed E-state index contributed by atoms with van der Waals surface area (Å²) in [7, 11) is 1.31. The van der Waals surface area contributed by atoms with Crippen LogP contribution in [0.3, 0.4) is 0 Å². The van der Waals surface area contributed by atoms with Crippen LogP contribution in [0.25, 0.3) is 0 Å². The van der Waals surface area contributed by atoms with Crippen LogP contribution in [0.15, 0.2) is 53.0 Å². The monoisotopic (exact) mass is 393 g/mol. The molecule has 0 aliphatic rings. The minimum atomic E-state index is -0.469. The Balaban J connectivity index is 1.88. The maximum Gasteiger partial charge on any atom is 0.339 e. The minimum Gasteiger partial charge on any atom is -0.465 e. The van der Waals surface area contributed by atoms with E-state index in [4.69, 9.17) is 4.74 Å². The molecule has 6 heteroatoms. The Labute approximate surface area is 147 Å². The van der Waals surface area contributed by atoms with Crippen LogP contribution < -0.4 is 5.32 Å². The summed E-state index contributed by atoms with van der Waals surface area (Å²) in [6.45, 7) is 0. The quantitative estimate of drug-likeness (QED) is 0.750. The Hall–Kier alpha value is -1.79. The Bertz CT molecular complexity index is 688. The number of benzene rings is 2. The zero-order chi connectivity index (χ0) is 16.7. The Morgan fingerprint density at radius 2 is 1.83 bits per heavy atom. The molecule has 23 heavy (non-hydrogen) atoms. The van der Waals surface area contributed by atoms with Gasteiger partial charge in [-0.25, -0.2) is 4.79 Å². The molecule has 0 saturated carbocycles. The van der Waals surface area contributed by atoms with Gasteiger partial charge in [0.25, 0.3) is 0 Å². The van der Waals surface area contributed by atoms with Gasteiger partial charge in [0, 0.05) is 10.2 Å². The van der Waals surface area contributed by atoms with Gasteiger partial charge in [0.15, 0.2) is 0 Å². The molecule has 0 radical (unpaired) electrons. The van der Waals surface area contributed by atoms with E-state index in [2.05, 4.69) is 21.2 Å². The molecule has 0 heterocycles. The summed E-state index contributed by atoms with van der Waals surface area (Å²) < 4.78 is 5.74. The third-order valence-electron chi connectivity index (χ3n) is 3.02. The first-order valence-electron chi connectivity index (χ1n) is 6.89. The minimum absolute atomic E-state index is 0.150. The van der Waals surface area contributed by atoms with Crippen molar-refractivity contribution in [1.29, 1.82) is 0 Å². The van der Waals surface area contributed by atoms with Crippen LogP contribution in [0.2, 0.25) is 0 Å². The number of esters is 1. The fraction of sp³-hybridized carbons (Fsp3) is 0.176. The van der Waals surface area contributed by atoms with Crippen molar-refractivity contribution in [3.63, 3.8) is 0 Å². The second kappa shape index (κ2) is 8.74. The number of hydrogen-bond acceptors (Lipinski definition) is 4. The van der Waals surface area contributed by atoms with Gasteiger partial charge >= 0.3 is 5.97 Å². The molecule has 0 spiro atoms. The number of amides is 1. The number of hydrogen-bond donors (Lipinski definition) is 1. The lowest BCUT2D eigenvalue weighted by Crippen LogP contribution is -2.17. The van der Waals surface area contributed by atoms with E-state index in [-0.39, 0.29) is 5.91 Å². The zero-order valence-electron chi connectivity index (χ0n) is 12.5. The Morgan fingerprint density at radius 3 is 2.52 bits per heavy atom. The number of nitrogens with one attached hydrogen (secondary N) is 1. The molecule has 1 N–H and O–H groups in total. The lowest BCUT2D eigenvalue weighted by atomic mass is 10.2. The first-order chi connectivity index (χ1) is 11.1. The summed E-state index contributed by atoms with van der Waals surface area (Å²) in [5.74, 6) is 0.442. The maximum absolute atomic E-state index is 12.0. The first-order valence-corrected chi connectivity index (χ1v) is 8.84. The summed E-state index contributed by atoms with van der Waals surface area (Å²) >= 11 is 4.91. The maximum atomic E-state index is 12.0. The van der Waals surface area contributed by atoms with Gasteiger partial charge < -0.3 is 10.1 Å². The standard InChI is InChI=1S/C17H16BrNO3S/c1-22-17(21)14-4-2-3-5-15(14)19-16(20)11-23-10-12-6-8-13(18)9-7-12/h2-9H,10-11H2,1H3,(H,19,20). The van der Waals surface area contributed by atoms with Gasteiger partial charge in [0.05, 0.1) is 24.1 Å². The Kier molecular flexibility index (Phi) is 6.67. The molecular weight excluding hydrogens is 378 g/mol. The predicted molar refractivity (Wildman–Crippen MR) is 96.7 cm³/mol. The number of anilines is 1. The van der Waals surface area contributed by atoms with Crippen molar-refractivity contribution in [2.45, 2.75) is 5.75 Å². The highest BCUT2D eigenvalue weighted by Crippen LogP contribution is 2.18. The van der Waals surface area contributed by atoms with E-state index in [0.29, 0.717) is 17.0 Å². The van der Waals surface area contributed by atoms with Crippen LogP contribution in [0.1, 0.15) is 15.9 Å². The summed E-state index contributed by atoms with van der Waals surface area (Å²) in [5, 5.41) is 2.75. The molecule has 2 rings (SSSR count). The number of methoxy groups -OCH3 is 1. The molecule has 2 aromatic carbocycles. The van der Waals surface area contributed by atoms with E-state index in [9.17, 15) is 9.59 Å². The van der Waals surface area contributed by atoms with Crippen LogP contribution in [0.4, 0.5) is 5.69 Å². The van der Waals surface area contributed by atoms with Gasteiger partial charge in [-0.1, -0.05) is 40.2 Å². The van der Waals surface area contributed by atoms with Crippen LogP contribution in [0.5, 0.6) is 0 Å². The van der Waals surface area contributed by atoms with Gasteiger partial charge in [0.1, 0.15) is 0 Å². The highest BCUT2D eigenvalue weighted by molar-refractivity contribution is 9.10. The number of halogens is 1. The van der Waals surface area contributed by atoms with Gasteiger partial charge in [-0.05, 0) is 29.8 Å². The lowest BCUT2D eigenvalue weighted by Gasteiger charge is -2.09. The van der Waals surface area contributed by atoms with Gasteiger partial charge in [-0.2, -0.15) is 0 Å². The van der Waals surface area contributed by atoms with E-state index in [1.807, 2.05) is 24.3 Å². The third-order valence-corrected chi connectivity index (χ3v) is 4.55. The normalized spacial score (nSPS) is 10.2. The average Bonchev–Trinajstić information content (AvgIpc) is 2.56. The largest absolute Gasteiger partial charge is 0.465 e. The SMILES string of the molecule is COC(=O)c1ccccc1NC(=O)CSCc1ccc(Br)cc1. The molecule has 0 saturated heterocycles. The summed E-state index contributed by atoms with van der Waals surface area (Å²) in [4.78, 5) is 23.7. The average molecular weight is 394 g/mol. The van der Waals surface area contributed by atoms with E-state index in [1.165, 1.54) is 18.9 Å². The zero-order valence-corrected chi connectivity index (χ0v) is 14.9. The lowest BCUT2D eigenvalue weighted by molar-refractivity contribution is -0.113. The third kappa shape index (κ3) is 5.41. The number of rotatable bonds is 6. The van der Waals surface area contributed by atoms with Crippen molar-refractivity contribution in [1.82, 2.24) is 0 Å². The molecule has 0 atom stereocenters. The fourth-order valence-corrected chi connectivity index (χ4v) is 2.96. The van der Waals surface area contributed by atoms with Gasteiger partial charge in [0.2, 0.25) is 5.91 Å². The van der Waals surface area contributed by atoms with Crippen LogP contribution in [0, 0.1) is 0 Å². The summed E-state index contributed by atoms with van der Waals surface area (Å²) in [5.41, 5.74) is 1.97. The van der Waals surface area contributed by atoms with E-state index < -0.39 is 5.97 Å². The van der Waals surface area contributed by atoms with Crippen LogP contribution >= 0.6 is 27.7 Å². The molecule has 1 amide bonds. The molecular formula is C17H16BrNO3S. The van der Waals surface area contributed by atoms with Gasteiger partial charge in [-0.15, -0.1) is 11.8 Å². The molecule has 4 nitrogen and oxygen atoms in total. The highest BCUT2D eigenvalue weighted by Gasteiger charge is 2.13. The number of ether oxygens (including phenoxy) is 1. The smallest absolute Gasteiger partial charge is 0.339 e. The molecule has 0 fully saturated rings. The van der Waals surface area contributed by atoms with Gasteiger partial charge in [-0.3, -0.25) is 4.79 Å². The highest BCUT2D eigenvalue weighted by atomic mass is 79.9. The van der Waals surface area contributed by atoms with Crippen LogP contribution in [-0.4, -0.2) is 24.7 Å². The fourth-order valence-electron chi connectivity index (χ4n) is 1.91. The van der Waals surface area contributed by atoms with Crippen molar-refractivity contribution in [3.05, 3.63) is 64.1 Å². The molecule has 0 aromatic heterocycles. The molecule has 0 aliphatic carbocycles. The number of para-hydroxylation sites is 1. The summed E-state index contributed by atoms with van der Waals surface area (Å²) in [6, 6.07) is 14.8. The number of carbonyl (C=O) groups is 2. The molecule has 2 aromatic rings. The van der Waals surface area contributed by atoms with E-state index in [0.717, 1.165) is 15.8 Å². The van der Waals surface area contributed by atoms with E-state index in [1.54, 1.807) is 24.3 Å². The second-order valence-electron chi connectivity index (χ2n) is 4.70. The molecule has 0 aliphatic heterocycles. The van der Waals surface area contributed by atoms with Crippen molar-refractivity contribution in [3.8, 4) is 0 Å². The molecule has 0 bridgehead atoms. The predicted octanol–water partition coefficient (Wildman–Crippen LogP) is 4.11. The second-order valence-corrected chi connectivity index (χ2v) is 6.61. The topological polar surface area (TPSA) is 55.4 Å². The van der Waals surface area contributed by atoms with Crippen molar-refractivity contribution < 1.29 is 14.3 Å². The first kappa shape index (κ1) is 17.6. The van der Waals surface area contributed by atoms with Crippen molar-refractivity contribution in [2.75, 3.05) is 18.2 Å². The molecule has 120 valence electrons.